The maximum Gasteiger partial charge on any atom is 0.407 e. The van der Waals surface area contributed by atoms with Gasteiger partial charge in [-0.1, -0.05) is 0 Å². The van der Waals surface area contributed by atoms with Gasteiger partial charge in [0.25, 0.3) is 5.91 Å². The van der Waals surface area contributed by atoms with Crippen molar-refractivity contribution in [2.75, 3.05) is 30.4 Å². The largest absolute Gasteiger partial charge is 0.465 e. The molecule has 160 valence electrons. The highest BCUT2D eigenvalue weighted by molar-refractivity contribution is 6.02. The number of aromatic nitrogens is 4. The fraction of sp³-hybridized carbons (Fsp3) is 0.350. The van der Waals surface area contributed by atoms with E-state index in [0.29, 0.717) is 36.4 Å². The van der Waals surface area contributed by atoms with E-state index in [1.165, 1.54) is 27.8 Å². The van der Waals surface area contributed by atoms with Gasteiger partial charge in [0, 0.05) is 56.5 Å². The SMILES string of the molecule is Cc1cn2cc(NC(=O)c3cnc(N4CC5C(C4)C5N(C)C(=O)O)cn3)cc(F)c2n1. The molecule has 0 aromatic carbocycles. The summed E-state index contributed by atoms with van der Waals surface area (Å²) in [6, 6.07) is 1.27. The summed E-state index contributed by atoms with van der Waals surface area (Å²) < 4.78 is 15.7. The van der Waals surface area contributed by atoms with E-state index < -0.39 is 17.8 Å². The number of hydrogen-bond donors (Lipinski definition) is 2. The highest BCUT2D eigenvalue weighted by Crippen LogP contribution is 2.49. The highest BCUT2D eigenvalue weighted by atomic mass is 19.1. The smallest absolute Gasteiger partial charge is 0.407 e. The second-order valence-corrected chi connectivity index (χ2v) is 8.02. The van der Waals surface area contributed by atoms with Gasteiger partial charge in [0.05, 0.1) is 23.8 Å². The van der Waals surface area contributed by atoms with Crippen LogP contribution in [0.25, 0.3) is 5.65 Å². The van der Waals surface area contributed by atoms with Crippen molar-refractivity contribution >= 4 is 29.2 Å². The van der Waals surface area contributed by atoms with Crippen molar-refractivity contribution in [2.24, 2.45) is 11.8 Å². The van der Waals surface area contributed by atoms with Gasteiger partial charge in [0.15, 0.2) is 11.5 Å². The predicted octanol–water partition coefficient (Wildman–Crippen LogP) is 1.87. The third kappa shape index (κ3) is 3.31. The monoisotopic (exact) mass is 425 g/mol. The van der Waals surface area contributed by atoms with Crippen molar-refractivity contribution in [1.82, 2.24) is 24.3 Å². The Kier molecular flexibility index (Phi) is 4.27. The van der Waals surface area contributed by atoms with Crippen LogP contribution in [-0.2, 0) is 0 Å². The second-order valence-electron chi connectivity index (χ2n) is 8.02. The quantitative estimate of drug-likeness (QED) is 0.656. The molecule has 2 fully saturated rings. The second kappa shape index (κ2) is 6.89. The van der Waals surface area contributed by atoms with Gasteiger partial charge in [-0.3, -0.25) is 4.79 Å². The van der Waals surface area contributed by atoms with Crippen molar-refractivity contribution in [2.45, 2.75) is 13.0 Å². The molecule has 3 aromatic heterocycles. The normalized spacial score (nSPS) is 21.8. The zero-order valence-electron chi connectivity index (χ0n) is 16.9. The number of carboxylic acid groups (broad SMARTS) is 1. The van der Waals surface area contributed by atoms with Gasteiger partial charge in [0.2, 0.25) is 0 Å². The zero-order valence-corrected chi connectivity index (χ0v) is 16.9. The molecular weight excluding hydrogens is 405 g/mol. The number of nitrogens with one attached hydrogen (secondary N) is 1. The predicted molar refractivity (Wildman–Crippen MR) is 109 cm³/mol. The van der Waals surface area contributed by atoms with Gasteiger partial charge in [-0.05, 0) is 6.92 Å². The number of carbonyl (C=O) groups excluding carboxylic acids is 1. The Morgan fingerprint density at radius 1 is 1.23 bits per heavy atom. The number of fused-ring (bicyclic) bond motifs is 2. The van der Waals surface area contributed by atoms with Crippen molar-refractivity contribution < 1.29 is 19.1 Å². The van der Waals surface area contributed by atoms with Gasteiger partial charge in [-0.2, -0.15) is 0 Å². The Morgan fingerprint density at radius 3 is 2.61 bits per heavy atom. The molecule has 0 bridgehead atoms. The van der Waals surface area contributed by atoms with E-state index in [4.69, 9.17) is 5.11 Å². The van der Waals surface area contributed by atoms with Gasteiger partial charge >= 0.3 is 6.09 Å². The molecular formula is C20H20FN7O3. The summed E-state index contributed by atoms with van der Waals surface area (Å²) >= 11 is 0. The van der Waals surface area contributed by atoms with E-state index in [0.717, 1.165) is 0 Å². The molecule has 3 aromatic rings. The highest BCUT2D eigenvalue weighted by Gasteiger charge is 2.59. The summed E-state index contributed by atoms with van der Waals surface area (Å²) in [5.41, 5.74) is 1.26. The molecule has 10 nitrogen and oxygen atoms in total. The Morgan fingerprint density at radius 2 is 1.97 bits per heavy atom. The molecule has 11 heteroatoms. The number of nitrogens with zero attached hydrogens (tertiary/aromatic N) is 6. The maximum atomic E-state index is 14.2. The number of anilines is 2. The molecule has 1 saturated carbocycles. The van der Waals surface area contributed by atoms with Gasteiger partial charge < -0.3 is 24.6 Å². The van der Waals surface area contributed by atoms with Crippen molar-refractivity contribution in [3.05, 3.63) is 48.1 Å². The zero-order chi connectivity index (χ0) is 21.9. The minimum atomic E-state index is -0.914. The number of hydrogen-bond acceptors (Lipinski definition) is 6. The average Bonchev–Trinajstić information content (AvgIpc) is 3.05. The number of amides is 2. The van der Waals surface area contributed by atoms with Crippen LogP contribution in [0.5, 0.6) is 0 Å². The summed E-state index contributed by atoms with van der Waals surface area (Å²) in [6.07, 6.45) is 5.24. The Hall–Kier alpha value is -3.76. The third-order valence-corrected chi connectivity index (χ3v) is 5.98. The minimum Gasteiger partial charge on any atom is -0.465 e. The van der Waals surface area contributed by atoms with Crippen LogP contribution < -0.4 is 10.2 Å². The first-order valence-electron chi connectivity index (χ1n) is 9.81. The Labute approximate surface area is 176 Å². The number of imidazole rings is 1. The summed E-state index contributed by atoms with van der Waals surface area (Å²) in [4.78, 5) is 39.6. The van der Waals surface area contributed by atoms with Crippen LogP contribution in [0.15, 0.2) is 30.9 Å². The molecule has 1 aliphatic heterocycles. The maximum absolute atomic E-state index is 14.2. The van der Waals surface area contributed by atoms with E-state index in [9.17, 15) is 14.0 Å². The first kappa shape index (κ1) is 19.2. The summed E-state index contributed by atoms with van der Waals surface area (Å²) in [6.45, 7) is 3.17. The van der Waals surface area contributed by atoms with E-state index in [-0.39, 0.29) is 23.1 Å². The van der Waals surface area contributed by atoms with Crippen molar-refractivity contribution in [3.63, 3.8) is 0 Å². The van der Waals surface area contributed by atoms with E-state index in [2.05, 4.69) is 20.3 Å². The van der Waals surface area contributed by atoms with Crippen LogP contribution in [-0.4, -0.2) is 67.5 Å². The third-order valence-electron chi connectivity index (χ3n) is 5.98. The number of carbonyl (C=O) groups is 2. The lowest BCUT2D eigenvalue weighted by Gasteiger charge is -2.23. The molecule has 31 heavy (non-hydrogen) atoms. The topological polar surface area (TPSA) is 116 Å². The lowest BCUT2D eigenvalue weighted by atomic mass is 10.3. The van der Waals surface area contributed by atoms with Gasteiger partial charge in [0.1, 0.15) is 11.5 Å². The molecule has 1 saturated heterocycles. The number of rotatable bonds is 4. The number of halogens is 1. The average molecular weight is 425 g/mol. The molecule has 2 aliphatic rings. The van der Waals surface area contributed by atoms with Crippen LogP contribution >= 0.6 is 0 Å². The summed E-state index contributed by atoms with van der Waals surface area (Å²) in [5.74, 6) is 0.195. The Bertz CT molecular complexity index is 1180. The van der Waals surface area contributed by atoms with Crippen LogP contribution in [0, 0.1) is 24.6 Å². The first-order valence-corrected chi connectivity index (χ1v) is 9.81. The molecule has 2 atom stereocenters. The van der Waals surface area contributed by atoms with E-state index in [1.807, 2.05) is 4.90 Å². The molecule has 4 heterocycles. The van der Waals surface area contributed by atoms with E-state index in [1.54, 1.807) is 26.4 Å². The number of piperidine rings is 1. The Balaban J connectivity index is 1.24. The summed E-state index contributed by atoms with van der Waals surface area (Å²) in [7, 11) is 1.60. The van der Waals surface area contributed by atoms with E-state index >= 15 is 0 Å². The number of aryl methyl sites for hydroxylation is 1. The van der Waals surface area contributed by atoms with Crippen LogP contribution in [0.3, 0.4) is 0 Å². The van der Waals surface area contributed by atoms with Crippen molar-refractivity contribution in [1.29, 1.82) is 0 Å². The van der Waals surface area contributed by atoms with Crippen LogP contribution in [0.4, 0.5) is 20.7 Å². The lowest BCUT2D eigenvalue weighted by Crippen LogP contribution is -2.35. The first-order chi connectivity index (χ1) is 14.8. The lowest BCUT2D eigenvalue weighted by molar-refractivity contribution is 0.102. The molecule has 2 N–H and O–H groups in total. The van der Waals surface area contributed by atoms with Crippen molar-refractivity contribution in [3.8, 4) is 0 Å². The molecule has 0 radical (unpaired) electrons. The molecule has 2 unspecified atom stereocenters. The summed E-state index contributed by atoms with van der Waals surface area (Å²) in [5, 5.41) is 11.7. The molecule has 5 rings (SSSR count). The van der Waals surface area contributed by atoms with Gasteiger partial charge in [-0.25, -0.2) is 24.1 Å². The standard InChI is InChI=1S/C20H20FN7O3/c1-10-6-28-7-11(3-14(21)18(28)24-10)25-19(29)15-4-23-16(5-22-15)27-8-12-13(9-27)17(12)26(2)20(30)31/h3-7,12-13,17H,8-9H2,1-2H3,(H,25,29)(H,30,31). The number of pyridine rings is 1. The van der Waals surface area contributed by atoms with Crippen LogP contribution in [0.1, 0.15) is 16.2 Å². The minimum absolute atomic E-state index is 0.0591. The fourth-order valence-electron chi connectivity index (χ4n) is 4.43. The molecule has 2 amide bonds. The molecule has 0 spiro atoms. The van der Waals surface area contributed by atoms with Crippen LogP contribution in [0.2, 0.25) is 0 Å². The fourth-order valence-corrected chi connectivity index (χ4v) is 4.43. The molecule has 1 aliphatic carbocycles. The van der Waals surface area contributed by atoms with Gasteiger partial charge in [-0.15, -0.1) is 0 Å².